The van der Waals surface area contributed by atoms with Crippen LogP contribution in [0.2, 0.25) is 0 Å². The molecule has 4 N–H and O–H groups in total. The summed E-state index contributed by atoms with van der Waals surface area (Å²) in [4.78, 5) is 30.1. The highest BCUT2D eigenvalue weighted by Gasteiger charge is 2.19. The van der Waals surface area contributed by atoms with Gasteiger partial charge in [-0.15, -0.1) is 0 Å². The Morgan fingerprint density at radius 1 is 1.12 bits per heavy atom. The van der Waals surface area contributed by atoms with E-state index in [1.807, 2.05) is 49.4 Å². The maximum atomic E-state index is 13.3. The van der Waals surface area contributed by atoms with E-state index in [2.05, 4.69) is 30.6 Å². The van der Waals surface area contributed by atoms with Gasteiger partial charge in [-0.3, -0.25) is 14.8 Å². The van der Waals surface area contributed by atoms with Crippen molar-refractivity contribution in [1.29, 1.82) is 5.26 Å². The average molecular weight is 424 g/mol. The van der Waals surface area contributed by atoms with Gasteiger partial charge in [0.2, 0.25) is 0 Å². The number of amides is 1. The van der Waals surface area contributed by atoms with Crippen LogP contribution in [-0.4, -0.2) is 38.4 Å². The molecule has 9 nitrogen and oxygen atoms in total. The summed E-state index contributed by atoms with van der Waals surface area (Å²) in [6, 6.07) is 14.9. The van der Waals surface area contributed by atoms with Crippen molar-refractivity contribution in [1.82, 2.24) is 25.3 Å². The van der Waals surface area contributed by atoms with E-state index in [-0.39, 0.29) is 29.9 Å². The Kier molecular flexibility index (Phi) is 5.85. The fraction of sp³-hybridized carbons (Fsp3) is 0.130. The van der Waals surface area contributed by atoms with E-state index in [9.17, 15) is 10.1 Å². The van der Waals surface area contributed by atoms with Gasteiger partial charge in [-0.2, -0.15) is 5.26 Å². The van der Waals surface area contributed by atoms with Crippen LogP contribution in [0.15, 0.2) is 61.2 Å². The maximum absolute atomic E-state index is 13.3. The predicted octanol–water partition coefficient (Wildman–Crippen LogP) is 2.77. The highest BCUT2D eigenvalue weighted by molar-refractivity contribution is 6.10. The van der Waals surface area contributed by atoms with Crippen molar-refractivity contribution in [2.45, 2.75) is 13.0 Å². The lowest BCUT2D eigenvalue weighted by molar-refractivity contribution is 0.0954. The van der Waals surface area contributed by atoms with Crippen LogP contribution in [0.25, 0.3) is 22.2 Å². The molecule has 32 heavy (non-hydrogen) atoms. The van der Waals surface area contributed by atoms with Crippen LogP contribution in [0.5, 0.6) is 0 Å². The van der Waals surface area contributed by atoms with E-state index in [1.54, 1.807) is 18.5 Å². The highest BCUT2D eigenvalue weighted by Crippen LogP contribution is 2.27. The number of carbonyl (C=O) groups excluding carboxylic acids is 1. The molecule has 0 aliphatic heterocycles. The SMILES string of the molecule is CC(CNC(=O)c1c(-c2ccccc2)cnc2cccnc12)Nc1ncnc(N)c1C#N. The highest BCUT2D eigenvalue weighted by atomic mass is 16.1. The molecule has 1 aromatic carbocycles. The fourth-order valence-corrected chi connectivity index (χ4v) is 3.32. The van der Waals surface area contributed by atoms with Crippen molar-refractivity contribution in [2.24, 2.45) is 0 Å². The van der Waals surface area contributed by atoms with Gasteiger partial charge < -0.3 is 16.4 Å². The number of hydrogen-bond acceptors (Lipinski definition) is 8. The third-order valence-corrected chi connectivity index (χ3v) is 4.88. The molecule has 1 amide bonds. The number of nitrogens with zero attached hydrogens (tertiary/aromatic N) is 5. The number of benzene rings is 1. The van der Waals surface area contributed by atoms with Crippen LogP contribution >= 0.6 is 0 Å². The molecule has 0 aliphatic carbocycles. The Bertz CT molecular complexity index is 1320. The third-order valence-electron chi connectivity index (χ3n) is 4.88. The van der Waals surface area contributed by atoms with Gasteiger partial charge in [-0.1, -0.05) is 30.3 Å². The van der Waals surface area contributed by atoms with E-state index in [4.69, 9.17) is 5.73 Å². The number of carbonyl (C=O) groups is 1. The van der Waals surface area contributed by atoms with Gasteiger partial charge in [0, 0.05) is 30.5 Å². The van der Waals surface area contributed by atoms with Crippen molar-refractivity contribution in [3.05, 3.63) is 72.3 Å². The summed E-state index contributed by atoms with van der Waals surface area (Å²) in [6.45, 7) is 2.14. The van der Waals surface area contributed by atoms with E-state index >= 15 is 0 Å². The van der Waals surface area contributed by atoms with Crippen LogP contribution in [-0.2, 0) is 0 Å². The summed E-state index contributed by atoms with van der Waals surface area (Å²) in [7, 11) is 0. The first kappa shape index (κ1) is 20.7. The number of nitrogens with two attached hydrogens (primary N) is 1. The number of hydrogen-bond donors (Lipinski definition) is 3. The van der Waals surface area contributed by atoms with Gasteiger partial charge >= 0.3 is 0 Å². The van der Waals surface area contributed by atoms with Crippen LogP contribution in [0.4, 0.5) is 11.6 Å². The van der Waals surface area contributed by atoms with Gasteiger partial charge in [0.05, 0.1) is 11.1 Å². The molecule has 0 saturated heterocycles. The van der Waals surface area contributed by atoms with Gasteiger partial charge in [0.25, 0.3) is 5.91 Å². The average Bonchev–Trinajstić information content (AvgIpc) is 2.82. The Morgan fingerprint density at radius 3 is 2.72 bits per heavy atom. The lowest BCUT2D eigenvalue weighted by atomic mass is 9.99. The fourth-order valence-electron chi connectivity index (χ4n) is 3.32. The largest absolute Gasteiger partial charge is 0.382 e. The summed E-state index contributed by atoms with van der Waals surface area (Å²) in [6.07, 6.45) is 4.62. The van der Waals surface area contributed by atoms with Crippen molar-refractivity contribution in [3.8, 4) is 17.2 Å². The van der Waals surface area contributed by atoms with Crippen LogP contribution in [0.1, 0.15) is 22.8 Å². The molecular weight excluding hydrogens is 404 g/mol. The second kappa shape index (κ2) is 9.06. The Balaban J connectivity index is 1.59. The monoisotopic (exact) mass is 424 g/mol. The summed E-state index contributed by atoms with van der Waals surface area (Å²) in [5, 5.41) is 15.3. The lowest BCUT2D eigenvalue weighted by Crippen LogP contribution is -2.35. The third kappa shape index (κ3) is 4.15. The smallest absolute Gasteiger partial charge is 0.254 e. The van der Waals surface area contributed by atoms with Crippen LogP contribution < -0.4 is 16.4 Å². The van der Waals surface area contributed by atoms with Gasteiger partial charge in [0.15, 0.2) is 0 Å². The molecule has 0 saturated carbocycles. The number of anilines is 2. The normalized spacial score (nSPS) is 11.5. The first-order valence-electron chi connectivity index (χ1n) is 9.93. The van der Waals surface area contributed by atoms with E-state index in [1.165, 1.54) is 6.33 Å². The quantitative estimate of drug-likeness (QED) is 0.429. The summed E-state index contributed by atoms with van der Waals surface area (Å²) < 4.78 is 0. The zero-order valence-electron chi connectivity index (χ0n) is 17.3. The second-order valence-electron chi connectivity index (χ2n) is 7.13. The number of rotatable bonds is 6. The number of fused-ring (bicyclic) bond motifs is 1. The molecule has 3 aromatic heterocycles. The minimum atomic E-state index is -0.272. The number of nitriles is 1. The minimum Gasteiger partial charge on any atom is -0.382 e. The standard InChI is InChI=1S/C23H20N8O/c1-14(31-22-16(10-24)21(25)29-13-30-22)11-28-23(32)19-17(15-6-3-2-4-7-15)12-27-18-8-5-9-26-20(18)19/h2-9,12-14H,11H2,1H3,(H,28,32)(H3,25,29,30,31). The molecule has 3 heterocycles. The molecule has 9 heteroatoms. The van der Waals surface area contributed by atoms with Crippen LogP contribution in [0.3, 0.4) is 0 Å². The molecule has 4 aromatic rings. The molecule has 158 valence electrons. The Hall–Kier alpha value is -4.58. The van der Waals surface area contributed by atoms with Gasteiger partial charge in [-0.25, -0.2) is 9.97 Å². The topological polar surface area (TPSA) is 142 Å². The number of nitrogen functional groups attached to an aromatic ring is 1. The molecule has 0 fully saturated rings. The minimum absolute atomic E-state index is 0.100. The molecule has 0 aliphatic rings. The predicted molar refractivity (Wildman–Crippen MR) is 122 cm³/mol. The zero-order valence-corrected chi connectivity index (χ0v) is 17.3. The van der Waals surface area contributed by atoms with Crippen molar-refractivity contribution >= 4 is 28.6 Å². The van der Waals surface area contributed by atoms with Crippen LogP contribution in [0, 0.1) is 11.3 Å². The van der Waals surface area contributed by atoms with Crippen molar-refractivity contribution in [3.63, 3.8) is 0 Å². The molecule has 0 spiro atoms. The first-order chi connectivity index (χ1) is 15.6. The lowest BCUT2D eigenvalue weighted by Gasteiger charge is -2.17. The summed E-state index contributed by atoms with van der Waals surface area (Å²) >= 11 is 0. The van der Waals surface area contributed by atoms with Crippen molar-refractivity contribution in [2.75, 3.05) is 17.6 Å². The Morgan fingerprint density at radius 2 is 1.94 bits per heavy atom. The van der Waals surface area contributed by atoms with E-state index < -0.39 is 0 Å². The summed E-state index contributed by atoms with van der Waals surface area (Å²) in [5.41, 5.74) is 9.10. The first-order valence-corrected chi connectivity index (χ1v) is 9.93. The molecule has 0 radical (unpaired) electrons. The zero-order chi connectivity index (χ0) is 22.5. The van der Waals surface area contributed by atoms with Gasteiger partial charge in [-0.05, 0) is 24.6 Å². The molecule has 1 atom stereocenters. The molecule has 1 unspecified atom stereocenters. The van der Waals surface area contributed by atoms with Crippen molar-refractivity contribution < 1.29 is 4.79 Å². The Labute approximate surface area is 184 Å². The molecule has 0 bridgehead atoms. The number of aromatic nitrogens is 4. The van der Waals surface area contributed by atoms with Gasteiger partial charge in [0.1, 0.15) is 35.1 Å². The van der Waals surface area contributed by atoms with E-state index in [0.717, 1.165) is 5.56 Å². The molecular formula is C23H20N8O. The number of nitrogens with one attached hydrogen (secondary N) is 2. The summed E-state index contributed by atoms with van der Waals surface area (Å²) in [5.74, 6) is 0.150. The molecule has 4 rings (SSSR count). The number of pyridine rings is 2. The maximum Gasteiger partial charge on any atom is 0.254 e. The second-order valence-corrected chi connectivity index (χ2v) is 7.13. The van der Waals surface area contributed by atoms with E-state index in [0.29, 0.717) is 28.0 Å².